The summed E-state index contributed by atoms with van der Waals surface area (Å²) in [5.74, 6) is -5.48. The minimum atomic E-state index is -3.00. The smallest absolute Gasteiger partial charge is 0.277 e. The van der Waals surface area contributed by atoms with Gasteiger partial charge in [0.25, 0.3) is 11.8 Å². The second-order valence-corrected chi connectivity index (χ2v) is 8.70. The minimum Gasteiger partial charge on any atom is -0.403 e. The number of amides is 1. The number of aliphatic imine (C=N–C) groups is 1. The van der Waals surface area contributed by atoms with E-state index in [1.807, 2.05) is 0 Å². The first-order valence-electron chi connectivity index (χ1n) is 10.3. The van der Waals surface area contributed by atoms with Crippen LogP contribution in [0.5, 0.6) is 0 Å². The van der Waals surface area contributed by atoms with Crippen molar-refractivity contribution < 1.29 is 22.4 Å². The van der Waals surface area contributed by atoms with Gasteiger partial charge in [0.1, 0.15) is 27.5 Å². The molecule has 0 bridgehead atoms. The zero-order valence-corrected chi connectivity index (χ0v) is 19.4. The number of aromatic nitrogens is 1. The number of halogens is 4. The SMILES string of the molecule is CN=C(/C(=C\N)NC(=O)c1nc(-c2c(F)cccc2F)sc1N)N1CCC(NC)CC(F)(F)C1. The third-order valence-electron chi connectivity index (χ3n) is 5.34. The van der Waals surface area contributed by atoms with Crippen LogP contribution in [-0.2, 0) is 0 Å². The Bertz CT molecular complexity index is 1100. The summed E-state index contributed by atoms with van der Waals surface area (Å²) in [4.78, 5) is 22.3. The molecule has 1 amide bonds. The molecule has 1 aliphatic rings. The Hall–Kier alpha value is -3.19. The summed E-state index contributed by atoms with van der Waals surface area (Å²) < 4.78 is 57.2. The largest absolute Gasteiger partial charge is 0.403 e. The number of amidine groups is 1. The first kappa shape index (κ1) is 25.4. The van der Waals surface area contributed by atoms with Crippen molar-refractivity contribution in [3.63, 3.8) is 0 Å². The molecule has 3 rings (SSSR count). The number of nitrogens with zero attached hydrogens (tertiary/aromatic N) is 3. The van der Waals surface area contributed by atoms with Crippen molar-refractivity contribution in [2.75, 3.05) is 32.9 Å². The van der Waals surface area contributed by atoms with Crippen LogP contribution in [0.3, 0.4) is 0 Å². The van der Waals surface area contributed by atoms with Gasteiger partial charge < -0.3 is 27.0 Å². The first-order valence-corrected chi connectivity index (χ1v) is 11.1. The summed E-state index contributed by atoms with van der Waals surface area (Å²) in [5, 5.41) is 5.15. The number of rotatable bonds is 5. The standard InChI is InChI=1S/C21H25F4N7OS/c1-28-11-6-7-32(10-21(24,25)8-11)18(29-2)14(9-26)30-19(33)16-17(27)34-20(31-16)15-12(22)4-3-5-13(15)23/h3-5,9,11,28H,6-8,10,26-27H2,1-2H3,(H,30,33)/b14-9+,29-18?. The molecule has 1 fully saturated rings. The summed E-state index contributed by atoms with van der Waals surface area (Å²) in [7, 11) is 3.01. The summed E-state index contributed by atoms with van der Waals surface area (Å²) in [6, 6.07) is 2.94. The molecule has 2 heterocycles. The van der Waals surface area contributed by atoms with Crippen LogP contribution >= 0.6 is 11.3 Å². The van der Waals surface area contributed by atoms with Crippen molar-refractivity contribution in [2.24, 2.45) is 10.7 Å². The molecule has 0 radical (unpaired) electrons. The number of alkyl halides is 2. The van der Waals surface area contributed by atoms with Gasteiger partial charge >= 0.3 is 0 Å². The maximum atomic E-state index is 14.5. The van der Waals surface area contributed by atoms with Crippen LogP contribution in [0, 0.1) is 11.6 Å². The minimum absolute atomic E-state index is 0.0303. The number of likely N-dealkylation sites (tertiary alicyclic amines) is 1. The highest BCUT2D eigenvalue weighted by molar-refractivity contribution is 7.19. The number of nitrogens with two attached hydrogens (primary N) is 2. The molecule has 2 aromatic rings. The normalized spacial score (nSPS) is 19.1. The van der Waals surface area contributed by atoms with Crippen LogP contribution in [0.1, 0.15) is 23.3 Å². The van der Waals surface area contributed by atoms with E-state index in [2.05, 4.69) is 20.6 Å². The molecule has 184 valence electrons. The summed E-state index contributed by atoms with van der Waals surface area (Å²) >= 11 is 0.735. The third-order valence-corrected chi connectivity index (χ3v) is 6.24. The number of nitrogen functional groups attached to an aromatic ring is 1. The third kappa shape index (κ3) is 5.47. The van der Waals surface area contributed by atoms with E-state index < -0.39 is 35.6 Å². The molecule has 34 heavy (non-hydrogen) atoms. The van der Waals surface area contributed by atoms with E-state index in [1.165, 1.54) is 18.0 Å². The molecule has 1 aromatic heterocycles. The number of anilines is 1. The van der Waals surface area contributed by atoms with Crippen molar-refractivity contribution in [1.82, 2.24) is 20.5 Å². The van der Waals surface area contributed by atoms with E-state index in [9.17, 15) is 22.4 Å². The summed E-state index contributed by atoms with van der Waals surface area (Å²) in [6.45, 7) is -0.364. The zero-order valence-electron chi connectivity index (χ0n) is 18.5. The molecule has 1 atom stereocenters. The molecule has 1 unspecified atom stereocenters. The molecule has 6 N–H and O–H groups in total. The quantitative estimate of drug-likeness (QED) is 0.285. The Kier molecular flexibility index (Phi) is 7.77. The number of thiazole rings is 1. The molecule has 1 aromatic carbocycles. The average molecular weight is 500 g/mol. The van der Waals surface area contributed by atoms with E-state index in [1.54, 1.807) is 7.05 Å². The number of nitrogens with one attached hydrogen (secondary N) is 2. The Morgan fingerprint density at radius 3 is 2.62 bits per heavy atom. The second kappa shape index (κ2) is 10.4. The number of carbonyl (C=O) groups excluding carboxylic acids is 1. The van der Waals surface area contributed by atoms with E-state index in [0.29, 0.717) is 6.42 Å². The van der Waals surface area contributed by atoms with Crippen molar-refractivity contribution in [3.8, 4) is 10.6 Å². The molecule has 8 nitrogen and oxygen atoms in total. The van der Waals surface area contributed by atoms with Crippen LogP contribution in [0.2, 0.25) is 0 Å². The van der Waals surface area contributed by atoms with Crippen LogP contribution in [0.15, 0.2) is 35.1 Å². The molecule has 0 aliphatic carbocycles. The highest BCUT2D eigenvalue weighted by atomic mass is 32.1. The monoisotopic (exact) mass is 499 g/mol. The molecular formula is C21H25F4N7OS. The van der Waals surface area contributed by atoms with Crippen LogP contribution in [0.25, 0.3) is 10.6 Å². The lowest BCUT2D eigenvalue weighted by atomic mass is 10.1. The van der Waals surface area contributed by atoms with Crippen molar-refractivity contribution in [2.45, 2.75) is 24.8 Å². The molecular weight excluding hydrogens is 474 g/mol. The van der Waals surface area contributed by atoms with Crippen LogP contribution < -0.4 is 22.1 Å². The molecule has 0 saturated carbocycles. The van der Waals surface area contributed by atoms with Crippen molar-refractivity contribution in [1.29, 1.82) is 0 Å². The van der Waals surface area contributed by atoms with Gasteiger partial charge in [0, 0.05) is 32.3 Å². The Labute approximate surface area is 197 Å². The lowest BCUT2D eigenvalue weighted by Crippen LogP contribution is -2.44. The van der Waals surface area contributed by atoms with Gasteiger partial charge in [-0.15, -0.1) is 0 Å². The van der Waals surface area contributed by atoms with Gasteiger partial charge in [-0.1, -0.05) is 17.4 Å². The topological polar surface area (TPSA) is 122 Å². The molecule has 1 saturated heterocycles. The van der Waals surface area contributed by atoms with Crippen LogP contribution in [0.4, 0.5) is 22.6 Å². The van der Waals surface area contributed by atoms with Gasteiger partial charge in [0.05, 0.1) is 17.8 Å². The fraction of sp³-hybridized carbons (Fsp3) is 0.381. The molecule has 1 aliphatic heterocycles. The van der Waals surface area contributed by atoms with Gasteiger partial charge in [0.15, 0.2) is 5.69 Å². The van der Waals surface area contributed by atoms with Gasteiger partial charge in [-0.25, -0.2) is 22.5 Å². The summed E-state index contributed by atoms with van der Waals surface area (Å²) in [5.41, 5.74) is 10.9. The predicted octanol–water partition coefficient (Wildman–Crippen LogP) is 2.55. The zero-order chi connectivity index (χ0) is 25.0. The maximum absolute atomic E-state index is 14.5. The Balaban J connectivity index is 1.84. The summed E-state index contributed by atoms with van der Waals surface area (Å²) in [6.07, 6.45) is 1.11. The molecule has 0 spiro atoms. The number of benzene rings is 1. The van der Waals surface area contributed by atoms with E-state index >= 15 is 0 Å². The van der Waals surface area contributed by atoms with E-state index in [4.69, 9.17) is 11.5 Å². The van der Waals surface area contributed by atoms with E-state index in [0.717, 1.165) is 29.7 Å². The van der Waals surface area contributed by atoms with Gasteiger partial charge in [-0.3, -0.25) is 9.79 Å². The number of carbonyl (C=O) groups is 1. The highest BCUT2D eigenvalue weighted by Crippen LogP contribution is 2.33. The average Bonchev–Trinajstić information content (AvgIpc) is 3.08. The Morgan fingerprint density at radius 1 is 1.35 bits per heavy atom. The fourth-order valence-corrected chi connectivity index (χ4v) is 4.59. The van der Waals surface area contributed by atoms with Gasteiger partial charge in [0.2, 0.25) is 0 Å². The van der Waals surface area contributed by atoms with Crippen molar-refractivity contribution in [3.05, 3.63) is 47.4 Å². The highest BCUT2D eigenvalue weighted by Gasteiger charge is 2.39. The van der Waals surface area contributed by atoms with Crippen molar-refractivity contribution >= 4 is 28.1 Å². The lowest BCUT2D eigenvalue weighted by Gasteiger charge is -2.28. The number of hydrogen-bond acceptors (Lipinski definition) is 7. The predicted molar refractivity (Wildman–Crippen MR) is 124 cm³/mol. The first-order chi connectivity index (χ1) is 16.1. The fourth-order valence-electron chi connectivity index (χ4n) is 3.71. The number of hydrogen-bond donors (Lipinski definition) is 4. The van der Waals surface area contributed by atoms with Gasteiger partial charge in [-0.2, -0.15) is 0 Å². The van der Waals surface area contributed by atoms with Gasteiger partial charge in [-0.05, 0) is 25.6 Å². The van der Waals surface area contributed by atoms with E-state index in [-0.39, 0.29) is 46.2 Å². The molecule has 13 heteroatoms. The maximum Gasteiger partial charge on any atom is 0.277 e. The lowest BCUT2D eigenvalue weighted by molar-refractivity contribution is -0.0222. The Morgan fingerprint density at radius 2 is 2.03 bits per heavy atom. The second-order valence-electron chi connectivity index (χ2n) is 7.67. The van der Waals surface area contributed by atoms with Crippen LogP contribution in [-0.4, -0.2) is 60.8 Å².